The van der Waals surface area contributed by atoms with Gasteiger partial charge in [-0.15, -0.1) is 0 Å². The first-order chi connectivity index (χ1) is 13.2. The van der Waals surface area contributed by atoms with Crippen molar-refractivity contribution >= 4 is 11.8 Å². The van der Waals surface area contributed by atoms with Gasteiger partial charge in [-0.05, 0) is 62.3 Å². The summed E-state index contributed by atoms with van der Waals surface area (Å²) in [5.41, 5.74) is -0.504. The summed E-state index contributed by atoms with van der Waals surface area (Å²) in [6.45, 7) is 1.01. The van der Waals surface area contributed by atoms with E-state index in [0.717, 1.165) is 48.6 Å². The second-order valence-corrected chi connectivity index (χ2v) is 6.91. The number of nitrogens with zero attached hydrogens (tertiary/aromatic N) is 2. The number of benzene rings is 2. The van der Waals surface area contributed by atoms with Gasteiger partial charge in [-0.3, -0.25) is 4.90 Å². The molecule has 3 rings (SSSR count). The zero-order valence-corrected chi connectivity index (χ0v) is 15.2. The Labute approximate surface area is 160 Å². The van der Waals surface area contributed by atoms with Crippen molar-refractivity contribution in [2.45, 2.75) is 25.1 Å². The van der Waals surface area contributed by atoms with E-state index in [4.69, 9.17) is 0 Å². The van der Waals surface area contributed by atoms with Crippen molar-refractivity contribution in [2.24, 2.45) is 0 Å². The number of likely N-dealkylation sites (tertiary alicyclic amines) is 1. The molecule has 1 heterocycles. The van der Waals surface area contributed by atoms with Crippen molar-refractivity contribution in [3.8, 4) is 11.1 Å². The molecule has 0 saturated carbocycles. The summed E-state index contributed by atoms with van der Waals surface area (Å²) in [5, 5.41) is 9.73. The minimum atomic E-state index is -4.55. The number of anilines is 1. The molecule has 28 heavy (non-hydrogen) atoms. The standard InChI is InChI=1S/C20H20F4N2O2/c1-25-9-3-6-16(25)12-26(19(27)28)18-8-7-15(21)11-17(18)13-4-2-5-14(10-13)20(22,23)24/h2,4-5,7-8,10-11,16H,3,6,9,12H2,1H3,(H,27,28). The maximum absolute atomic E-state index is 13.9. The van der Waals surface area contributed by atoms with E-state index in [1.54, 1.807) is 0 Å². The summed E-state index contributed by atoms with van der Waals surface area (Å²) in [6, 6.07) is 7.94. The summed E-state index contributed by atoms with van der Waals surface area (Å²) < 4.78 is 53.1. The summed E-state index contributed by atoms with van der Waals surface area (Å²) in [6.07, 6.45) is -4.03. The predicted molar refractivity (Wildman–Crippen MR) is 97.9 cm³/mol. The number of rotatable bonds is 4. The van der Waals surface area contributed by atoms with E-state index in [1.807, 2.05) is 11.9 Å². The first-order valence-corrected chi connectivity index (χ1v) is 8.84. The number of halogens is 4. The lowest BCUT2D eigenvalue weighted by Gasteiger charge is -2.28. The highest BCUT2D eigenvalue weighted by atomic mass is 19.4. The number of alkyl halides is 3. The van der Waals surface area contributed by atoms with Crippen LogP contribution in [0.25, 0.3) is 11.1 Å². The maximum Gasteiger partial charge on any atom is 0.416 e. The fourth-order valence-electron chi connectivity index (χ4n) is 3.54. The largest absolute Gasteiger partial charge is 0.465 e. The number of carboxylic acid groups (broad SMARTS) is 1. The Balaban J connectivity index is 2.05. The lowest BCUT2D eigenvalue weighted by Crippen LogP contribution is -2.41. The third kappa shape index (κ3) is 4.27. The van der Waals surface area contributed by atoms with Crippen molar-refractivity contribution < 1.29 is 27.5 Å². The Morgan fingerprint density at radius 1 is 1.25 bits per heavy atom. The molecule has 1 aliphatic rings. The molecule has 1 fully saturated rings. The monoisotopic (exact) mass is 396 g/mol. The first kappa shape index (κ1) is 20.1. The van der Waals surface area contributed by atoms with Crippen LogP contribution < -0.4 is 4.90 Å². The summed E-state index contributed by atoms with van der Waals surface area (Å²) in [4.78, 5) is 15.1. The molecule has 1 saturated heterocycles. The Morgan fingerprint density at radius 3 is 2.61 bits per heavy atom. The molecule has 1 unspecified atom stereocenters. The van der Waals surface area contributed by atoms with Gasteiger partial charge >= 0.3 is 12.3 Å². The van der Waals surface area contributed by atoms with Crippen molar-refractivity contribution in [3.63, 3.8) is 0 Å². The molecule has 2 aromatic rings. The topological polar surface area (TPSA) is 43.8 Å². The van der Waals surface area contributed by atoms with Gasteiger partial charge in [0.25, 0.3) is 0 Å². The Morgan fingerprint density at radius 2 is 2.00 bits per heavy atom. The highest BCUT2D eigenvalue weighted by molar-refractivity contribution is 5.93. The van der Waals surface area contributed by atoms with Gasteiger partial charge in [0.05, 0.1) is 11.3 Å². The molecule has 2 aromatic carbocycles. The molecule has 1 aliphatic heterocycles. The number of carbonyl (C=O) groups is 1. The molecular formula is C20H20F4N2O2. The minimum absolute atomic E-state index is 0.00416. The normalized spacial score (nSPS) is 17.7. The number of amides is 1. The molecule has 150 valence electrons. The first-order valence-electron chi connectivity index (χ1n) is 8.84. The van der Waals surface area contributed by atoms with E-state index in [0.29, 0.717) is 0 Å². The number of hydrogen-bond acceptors (Lipinski definition) is 2. The van der Waals surface area contributed by atoms with Gasteiger partial charge in [0.1, 0.15) is 5.82 Å². The second-order valence-electron chi connectivity index (χ2n) is 6.91. The average Bonchev–Trinajstić information content (AvgIpc) is 3.04. The van der Waals surface area contributed by atoms with E-state index in [1.165, 1.54) is 18.2 Å². The summed E-state index contributed by atoms with van der Waals surface area (Å²) >= 11 is 0. The number of hydrogen-bond donors (Lipinski definition) is 1. The fourth-order valence-corrected chi connectivity index (χ4v) is 3.54. The van der Waals surface area contributed by atoms with Gasteiger partial charge in [-0.1, -0.05) is 12.1 Å². The van der Waals surface area contributed by atoms with Crippen molar-refractivity contribution in [1.29, 1.82) is 0 Å². The molecule has 4 nitrogen and oxygen atoms in total. The van der Waals surface area contributed by atoms with Crippen LogP contribution in [0.4, 0.5) is 28.0 Å². The third-order valence-corrected chi connectivity index (χ3v) is 5.05. The summed E-state index contributed by atoms with van der Waals surface area (Å²) in [5.74, 6) is -0.653. The molecule has 1 atom stereocenters. The molecule has 1 N–H and O–H groups in total. The lowest BCUT2D eigenvalue weighted by atomic mass is 10.00. The van der Waals surface area contributed by atoms with Crippen LogP contribution in [0.3, 0.4) is 0 Å². The maximum atomic E-state index is 13.9. The van der Waals surface area contributed by atoms with Crippen LogP contribution in [0.1, 0.15) is 18.4 Å². The highest BCUT2D eigenvalue weighted by Crippen LogP contribution is 2.36. The fraction of sp³-hybridized carbons (Fsp3) is 0.350. The van der Waals surface area contributed by atoms with Crippen LogP contribution in [0, 0.1) is 5.82 Å². The SMILES string of the molecule is CN1CCCC1CN(C(=O)O)c1ccc(F)cc1-c1cccc(C(F)(F)F)c1. The predicted octanol–water partition coefficient (Wildman–Crippen LogP) is 5.09. The van der Waals surface area contributed by atoms with Gasteiger partial charge in [0, 0.05) is 18.2 Å². The van der Waals surface area contributed by atoms with Crippen LogP contribution in [0.5, 0.6) is 0 Å². The quantitative estimate of drug-likeness (QED) is 0.732. The van der Waals surface area contributed by atoms with Crippen LogP contribution in [0.15, 0.2) is 42.5 Å². The summed E-state index contributed by atoms with van der Waals surface area (Å²) in [7, 11) is 1.90. The molecule has 0 aromatic heterocycles. The molecular weight excluding hydrogens is 376 g/mol. The molecule has 0 radical (unpaired) electrons. The van der Waals surface area contributed by atoms with Crippen LogP contribution >= 0.6 is 0 Å². The van der Waals surface area contributed by atoms with Crippen molar-refractivity contribution in [2.75, 3.05) is 25.0 Å². The van der Waals surface area contributed by atoms with E-state index >= 15 is 0 Å². The Bertz CT molecular complexity index is 870. The van der Waals surface area contributed by atoms with Crippen LogP contribution in [0.2, 0.25) is 0 Å². The van der Waals surface area contributed by atoms with Crippen molar-refractivity contribution in [3.05, 3.63) is 53.8 Å². The molecule has 0 spiro atoms. The van der Waals surface area contributed by atoms with Crippen LogP contribution in [-0.2, 0) is 6.18 Å². The zero-order valence-electron chi connectivity index (χ0n) is 15.2. The van der Waals surface area contributed by atoms with E-state index in [2.05, 4.69) is 0 Å². The second kappa shape index (κ2) is 7.79. The molecule has 8 heteroatoms. The zero-order chi connectivity index (χ0) is 20.5. The van der Waals surface area contributed by atoms with E-state index in [-0.39, 0.29) is 29.4 Å². The van der Waals surface area contributed by atoms with E-state index < -0.39 is 23.7 Å². The highest BCUT2D eigenvalue weighted by Gasteiger charge is 2.31. The van der Waals surface area contributed by atoms with Crippen molar-refractivity contribution in [1.82, 2.24) is 4.90 Å². The van der Waals surface area contributed by atoms with Gasteiger partial charge in [0.15, 0.2) is 0 Å². The van der Waals surface area contributed by atoms with Gasteiger partial charge in [-0.2, -0.15) is 13.2 Å². The third-order valence-electron chi connectivity index (χ3n) is 5.05. The minimum Gasteiger partial charge on any atom is -0.465 e. The van der Waals surface area contributed by atoms with Gasteiger partial charge < -0.3 is 10.0 Å². The van der Waals surface area contributed by atoms with Gasteiger partial charge in [-0.25, -0.2) is 9.18 Å². The molecule has 0 aliphatic carbocycles. The lowest BCUT2D eigenvalue weighted by molar-refractivity contribution is -0.137. The van der Waals surface area contributed by atoms with Gasteiger partial charge in [0.2, 0.25) is 0 Å². The Kier molecular flexibility index (Phi) is 5.60. The van der Waals surface area contributed by atoms with E-state index in [9.17, 15) is 27.5 Å². The molecule has 0 bridgehead atoms. The average molecular weight is 396 g/mol. The van der Waals surface area contributed by atoms with Crippen LogP contribution in [-0.4, -0.2) is 42.3 Å². The molecule has 1 amide bonds. The Hall–Kier alpha value is -2.61. The number of likely N-dealkylation sites (N-methyl/N-ethyl adjacent to an activating group) is 1. The smallest absolute Gasteiger partial charge is 0.416 e.